The highest BCUT2D eigenvalue weighted by Crippen LogP contribution is 2.33. The number of thiophene rings is 1. The molecule has 0 radical (unpaired) electrons. The van der Waals surface area contributed by atoms with Gasteiger partial charge in [-0.15, -0.1) is 36.2 Å². The first-order chi connectivity index (χ1) is 9.75. The molecule has 1 aliphatic heterocycles. The van der Waals surface area contributed by atoms with Gasteiger partial charge >= 0.3 is 0 Å². The molecule has 22 heavy (non-hydrogen) atoms. The van der Waals surface area contributed by atoms with Gasteiger partial charge in [-0.05, 0) is 29.1 Å². The van der Waals surface area contributed by atoms with Crippen LogP contribution in [0.25, 0.3) is 0 Å². The fourth-order valence-electron chi connectivity index (χ4n) is 2.64. The first-order valence-corrected chi connectivity index (χ1v) is 7.60. The second kappa shape index (κ2) is 8.70. The van der Waals surface area contributed by atoms with Crippen molar-refractivity contribution in [3.8, 4) is 5.75 Å². The maximum atomic E-state index is 13.7. The Balaban J connectivity index is 0.00000121. The van der Waals surface area contributed by atoms with E-state index >= 15 is 0 Å². The second-order valence-corrected chi connectivity index (χ2v) is 5.89. The summed E-state index contributed by atoms with van der Waals surface area (Å²) in [6, 6.07) is 8.86. The predicted molar refractivity (Wildman–Crippen MR) is 93.2 cm³/mol. The smallest absolute Gasteiger partial charge is 0.165 e. The quantitative estimate of drug-likeness (QED) is 0.875. The van der Waals surface area contributed by atoms with E-state index in [0.717, 1.165) is 31.7 Å². The van der Waals surface area contributed by atoms with Crippen LogP contribution in [-0.4, -0.2) is 36.2 Å². The van der Waals surface area contributed by atoms with E-state index in [1.54, 1.807) is 11.3 Å². The van der Waals surface area contributed by atoms with E-state index in [2.05, 4.69) is 16.3 Å². The zero-order valence-corrected chi connectivity index (χ0v) is 14.3. The van der Waals surface area contributed by atoms with Crippen LogP contribution in [0.5, 0.6) is 5.75 Å². The molecular weight excluding hydrogens is 346 g/mol. The lowest BCUT2D eigenvalue weighted by Crippen LogP contribution is -2.45. The molecule has 0 saturated carbocycles. The van der Waals surface area contributed by atoms with Gasteiger partial charge in [0.2, 0.25) is 0 Å². The Morgan fingerprint density at radius 3 is 2.50 bits per heavy atom. The highest BCUT2D eigenvalue weighted by atomic mass is 35.5. The van der Waals surface area contributed by atoms with Crippen molar-refractivity contribution in [2.45, 2.75) is 6.04 Å². The normalized spacial score (nSPS) is 16.4. The van der Waals surface area contributed by atoms with Crippen molar-refractivity contribution in [3.63, 3.8) is 0 Å². The zero-order valence-electron chi connectivity index (χ0n) is 11.9. The van der Waals surface area contributed by atoms with Crippen LogP contribution in [0.3, 0.4) is 0 Å². The van der Waals surface area contributed by atoms with Crippen LogP contribution in [0.2, 0.25) is 0 Å². The number of halogens is 3. The highest BCUT2D eigenvalue weighted by Gasteiger charge is 2.25. The molecule has 1 aromatic heterocycles. The number of rotatable bonds is 3. The Hall–Kier alpha value is -0.850. The molecule has 0 bridgehead atoms. The number of aromatic hydroxyl groups is 1. The Morgan fingerprint density at radius 1 is 1.18 bits per heavy atom. The summed E-state index contributed by atoms with van der Waals surface area (Å²) >= 11 is 1.68. The minimum absolute atomic E-state index is 0. The summed E-state index contributed by atoms with van der Waals surface area (Å²) < 4.78 is 13.7. The summed E-state index contributed by atoms with van der Waals surface area (Å²) in [7, 11) is 0. The fraction of sp³-hybridized carbons (Fsp3) is 0.333. The standard InChI is InChI=1S/C15H17FN2OS.2ClH/c16-12-10-11(3-4-13(12)19)15(14-2-1-9-20-14)18-7-5-17-6-8-18;;/h1-4,9-10,15,17,19H,5-8H2;2*1H/t15-;;/m1../s1. The van der Waals surface area contributed by atoms with E-state index in [-0.39, 0.29) is 36.6 Å². The number of hydrogen-bond donors (Lipinski definition) is 2. The van der Waals surface area contributed by atoms with Crippen LogP contribution in [-0.2, 0) is 0 Å². The number of nitrogens with zero attached hydrogens (tertiary/aromatic N) is 1. The molecule has 2 N–H and O–H groups in total. The topological polar surface area (TPSA) is 35.5 Å². The summed E-state index contributed by atoms with van der Waals surface area (Å²) in [5, 5.41) is 14.7. The number of hydrogen-bond acceptors (Lipinski definition) is 4. The van der Waals surface area contributed by atoms with Crippen molar-refractivity contribution in [1.82, 2.24) is 10.2 Å². The third-order valence-corrected chi connectivity index (χ3v) is 4.54. The summed E-state index contributed by atoms with van der Waals surface area (Å²) in [6.45, 7) is 3.76. The number of phenols is 1. The van der Waals surface area contributed by atoms with Crippen molar-refractivity contribution in [2.75, 3.05) is 26.2 Å². The molecule has 0 unspecified atom stereocenters. The molecule has 1 fully saturated rings. The Labute approximate surface area is 146 Å². The number of nitrogens with one attached hydrogen (secondary N) is 1. The van der Waals surface area contributed by atoms with Gasteiger partial charge in [-0.2, -0.15) is 0 Å². The molecule has 0 amide bonds. The first kappa shape index (κ1) is 19.2. The minimum atomic E-state index is -0.556. The van der Waals surface area contributed by atoms with Crippen molar-refractivity contribution >= 4 is 36.2 Å². The van der Waals surface area contributed by atoms with Crippen molar-refractivity contribution in [1.29, 1.82) is 0 Å². The molecule has 3 rings (SSSR count). The molecule has 3 nitrogen and oxygen atoms in total. The highest BCUT2D eigenvalue weighted by molar-refractivity contribution is 7.10. The van der Waals surface area contributed by atoms with Gasteiger partial charge in [0.05, 0.1) is 6.04 Å². The van der Waals surface area contributed by atoms with Crippen LogP contribution < -0.4 is 5.32 Å². The summed E-state index contributed by atoms with van der Waals surface area (Å²) in [5.41, 5.74) is 0.893. The Kier molecular flexibility index (Phi) is 7.59. The molecule has 0 aliphatic carbocycles. The summed E-state index contributed by atoms with van der Waals surface area (Å²) in [5.74, 6) is -0.849. The molecule has 2 aromatic rings. The Bertz CT molecular complexity index is 577. The van der Waals surface area contributed by atoms with Crippen LogP contribution in [0, 0.1) is 5.82 Å². The average Bonchev–Trinajstić information content (AvgIpc) is 2.98. The van der Waals surface area contributed by atoms with Crippen molar-refractivity contribution < 1.29 is 9.50 Å². The largest absolute Gasteiger partial charge is 0.505 e. The Morgan fingerprint density at radius 2 is 1.91 bits per heavy atom. The maximum absolute atomic E-state index is 13.7. The second-order valence-electron chi connectivity index (χ2n) is 4.91. The predicted octanol–water partition coefficient (Wildman–Crippen LogP) is 3.43. The van der Waals surface area contributed by atoms with E-state index < -0.39 is 5.82 Å². The van der Waals surface area contributed by atoms with Gasteiger partial charge in [-0.1, -0.05) is 12.1 Å². The summed E-state index contributed by atoms with van der Waals surface area (Å²) in [4.78, 5) is 3.56. The van der Waals surface area contributed by atoms with Crippen LogP contribution in [0.15, 0.2) is 35.7 Å². The molecule has 2 heterocycles. The van der Waals surface area contributed by atoms with Gasteiger partial charge in [0.1, 0.15) is 0 Å². The van der Waals surface area contributed by atoms with Crippen LogP contribution >= 0.6 is 36.2 Å². The average molecular weight is 365 g/mol. The third kappa shape index (κ3) is 4.12. The van der Waals surface area contributed by atoms with Gasteiger partial charge in [0.25, 0.3) is 0 Å². The van der Waals surface area contributed by atoms with Crippen LogP contribution in [0.4, 0.5) is 4.39 Å². The summed E-state index contributed by atoms with van der Waals surface area (Å²) in [6.07, 6.45) is 0. The van der Waals surface area contributed by atoms with Gasteiger partial charge in [0.15, 0.2) is 11.6 Å². The number of phenolic OH excluding ortho intramolecular Hbond substituents is 1. The SMILES string of the molecule is Cl.Cl.Oc1ccc([C@H](c2cccs2)N2CCNCC2)cc1F. The molecule has 1 saturated heterocycles. The lowest BCUT2D eigenvalue weighted by molar-refractivity contribution is 0.200. The zero-order chi connectivity index (χ0) is 13.9. The number of piperazine rings is 1. The molecule has 1 atom stereocenters. The fourth-order valence-corrected chi connectivity index (χ4v) is 3.52. The van der Waals surface area contributed by atoms with E-state index in [9.17, 15) is 9.50 Å². The van der Waals surface area contributed by atoms with E-state index in [1.807, 2.05) is 17.5 Å². The third-order valence-electron chi connectivity index (χ3n) is 3.62. The van der Waals surface area contributed by atoms with E-state index in [0.29, 0.717) is 0 Å². The number of benzene rings is 1. The lowest BCUT2D eigenvalue weighted by Gasteiger charge is -2.34. The van der Waals surface area contributed by atoms with E-state index in [4.69, 9.17) is 0 Å². The lowest BCUT2D eigenvalue weighted by atomic mass is 10.0. The molecule has 0 spiro atoms. The van der Waals surface area contributed by atoms with Crippen molar-refractivity contribution in [3.05, 3.63) is 52.0 Å². The molecule has 122 valence electrons. The monoisotopic (exact) mass is 364 g/mol. The molecule has 7 heteroatoms. The molecular formula is C15H19Cl2FN2OS. The first-order valence-electron chi connectivity index (χ1n) is 6.72. The minimum Gasteiger partial charge on any atom is -0.505 e. The van der Waals surface area contributed by atoms with Gasteiger partial charge in [-0.3, -0.25) is 4.90 Å². The molecule has 1 aromatic carbocycles. The van der Waals surface area contributed by atoms with Gasteiger partial charge in [0, 0.05) is 31.1 Å². The maximum Gasteiger partial charge on any atom is 0.165 e. The van der Waals surface area contributed by atoms with Gasteiger partial charge < -0.3 is 10.4 Å². The van der Waals surface area contributed by atoms with E-state index in [1.165, 1.54) is 17.0 Å². The van der Waals surface area contributed by atoms with Crippen LogP contribution in [0.1, 0.15) is 16.5 Å². The van der Waals surface area contributed by atoms with Crippen molar-refractivity contribution in [2.24, 2.45) is 0 Å². The van der Waals surface area contributed by atoms with Gasteiger partial charge in [-0.25, -0.2) is 4.39 Å². The molecule has 1 aliphatic rings.